The lowest BCUT2D eigenvalue weighted by Gasteiger charge is -2.42. The topological polar surface area (TPSA) is 402 Å². The summed E-state index contributed by atoms with van der Waals surface area (Å²) in [7, 11) is -24.5. The van der Waals surface area contributed by atoms with Gasteiger partial charge in [-0.1, -0.05) is 20.8 Å². The number of hydrogen-bond donors (Lipinski definition) is 11. The van der Waals surface area contributed by atoms with Crippen molar-refractivity contribution in [2.24, 2.45) is 0 Å². The van der Waals surface area contributed by atoms with E-state index in [1.165, 1.54) is 19.6 Å². The molecule has 2 aliphatic rings. The Labute approximate surface area is 305 Å². The molecular weight excluding hydrogens is 824 g/mol. The van der Waals surface area contributed by atoms with Crippen molar-refractivity contribution in [3.63, 3.8) is 0 Å². The Morgan fingerprint density at radius 2 is 1.35 bits per heavy atom. The Morgan fingerprint density at radius 3 is 1.83 bits per heavy atom. The summed E-state index contributed by atoms with van der Waals surface area (Å²) in [5.41, 5.74) is -1.89. The number of ether oxygens (including phenoxy) is 2. The Balaban J connectivity index is 0.00000131. The third-order valence-electron chi connectivity index (χ3n) is 7.31. The van der Waals surface area contributed by atoms with E-state index in [4.69, 9.17) is 9.47 Å². The van der Waals surface area contributed by atoms with Crippen molar-refractivity contribution in [1.29, 1.82) is 0 Å². The van der Waals surface area contributed by atoms with Gasteiger partial charge in [0.2, 0.25) is 5.91 Å². The van der Waals surface area contributed by atoms with E-state index in [9.17, 15) is 77.8 Å². The highest BCUT2D eigenvalue weighted by Crippen LogP contribution is 2.71. The standard InChI is InChI=1S/C17H29N3O23P4.C6H15N/c1-6(22)18-10-13(26)11(24)7(4-21)39-16(10)40-45(31,32)42-47(35,36)43-46(33,34)41-44(29,30)37-5-8-12(25)14(27)15(38-8)20-3-2-9(23)19-17(20)28;1-4-7(5-2)6-3/h2-3,7-8,10-16,21,24-27H,4-5H2,1H3,(H,18,22)(H,29,30)(H,31,32)(H,33,34)(H,35,36)(H,19,23,28);4-6H2,1-3H3/t7-,8-,10-,11-,12-,13-,14-,15-,16-;/m1./s1. The van der Waals surface area contributed by atoms with Crippen LogP contribution in [0.25, 0.3) is 0 Å². The molecule has 13 atom stereocenters. The molecule has 3 heterocycles. The van der Waals surface area contributed by atoms with Crippen LogP contribution in [0.1, 0.15) is 33.9 Å². The van der Waals surface area contributed by atoms with Crippen LogP contribution in [-0.2, 0) is 54.5 Å². The summed E-state index contributed by atoms with van der Waals surface area (Å²) in [4.78, 5) is 78.1. The number of carbonyl (C=O) groups is 1. The van der Waals surface area contributed by atoms with Crippen LogP contribution >= 0.6 is 31.3 Å². The minimum absolute atomic E-state index is 0.638. The molecular formula is C23H44N4O23P4. The predicted octanol–water partition coefficient (Wildman–Crippen LogP) is -3.07. The summed E-state index contributed by atoms with van der Waals surface area (Å²) < 4.78 is 80.1. The number of amides is 1. The van der Waals surface area contributed by atoms with Crippen LogP contribution in [0.4, 0.5) is 0 Å². The lowest BCUT2D eigenvalue weighted by atomic mass is 9.97. The number of carbonyl (C=O) groups excluding carboxylic acids is 1. The van der Waals surface area contributed by atoms with Crippen LogP contribution in [0, 0.1) is 0 Å². The van der Waals surface area contributed by atoms with Gasteiger partial charge in [0.15, 0.2) is 12.5 Å². The molecule has 4 unspecified atom stereocenters. The number of aliphatic hydroxyl groups is 5. The summed E-state index contributed by atoms with van der Waals surface area (Å²) in [5, 5.41) is 51.8. The molecule has 2 saturated heterocycles. The SMILES string of the molecule is CC(=O)N[C@H]1[C@@H](OP(=O)(O)OP(=O)(O)OP(=O)(O)OP(=O)(O)OC[C@H]2O[C@@H](n3ccc(=O)[nH]c3=O)[C@H](O)[C@@H]2O)O[C@H](CO)[C@@H](O)[C@@H]1O.CCN(CC)CC. The number of aromatic amines is 1. The fraction of sp³-hybridized carbons (Fsp3) is 0.783. The molecule has 1 amide bonds. The highest BCUT2D eigenvalue weighted by Gasteiger charge is 2.52. The Morgan fingerprint density at radius 1 is 0.833 bits per heavy atom. The van der Waals surface area contributed by atoms with Crippen LogP contribution < -0.4 is 16.6 Å². The first-order valence-electron chi connectivity index (χ1n) is 15.5. The van der Waals surface area contributed by atoms with E-state index in [2.05, 4.69) is 47.7 Å². The summed E-state index contributed by atoms with van der Waals surface area (Å²) >= 11 is 0. The fourth-order valence-corrected chi connectivity index (χ4v) is 9.74. The second kappa shape index (κ2) is 20.2. The number of nitrogens with zero attached hydrogens (tertiary/aromatic N) is 2. The van der Waals surface area contributed by atoms with Gasteiger partial charge in [-0.15, -0.1) is 0 Å². The number of phosphoric acid groups is 4. The van der Waals surface area contributed by atoms with E-state index in [0.717, 1.165) is 19.2 Å². The van der Waals surface area contributed by atoms with Gasteiger partial charge < -0.3 is 64.8 Å². The van der Waals surface area contributed by atoms with Crippen LogP contribution in [0.5, 0.6) is 0 Å². The van der Waals surface area contributed by atoms with Crippen molar-refractivity contribution in [2.45, 2.75) is 82.9 Å². The highest BCUT2D eigenvalue weighted by atomic mass is 31.3. The van der Waals surface area contributed by atoms with Gasteiger partial charge in [0.1, 0.15) is 42.7 Å². The van der Waals surface area contributed by atoms with Gasteiger partial charge in [0.25, 0.3) is 5.56 Å². The van der Waals surface area contributed by atoms with Gasteiger partial charge >= 0.3 is 37.0 Å². The molecule has 0 bridgehead atoms. The average Bonchev–Trinajstić information content (AvgIpc) is 3.31. The van der Waals surface area contributed by atoms with Gasteiger partial charge in [-0.25, -0.2) is 23.1 Å². The summed E-state index contributed by atoms with van der Waals surface area (Å²) in [6.07, 6.45) is -14.2. The minimum atomic E-state index is -6.32. The molecule has 0 aliphatic carbocycles. The molecule has 3 rings (SSSR count). The number of H-pyrrole nitrogens is 1. The zero-order valence-corrected chi connectivity index (χ0v) is 32.4. The number of nitrogens with one attached hydrogen (secondary N) is 2. The highest BCUT2D eigenvalue weighted by molar-refractivity contribution is 7.69. The third kappa shape index (κ3) is 14.4. The first-order chi connectivity index (χ1) is 24.8. The number of aliphatic hydroxyl groups excluding tert-OH is 5. The summed E-state index contributed by atoms with van der Waals surface area (Å²) in [6, 6.07) is -1.00. The Bertz CT molecular complexity index is 1700. The lowest BCUT2D eigenvalue weighted by Crippen LogP contribution is -2.64. The summed E-state index contributed by atoms with van der Waals surface area (Å²) in [6.45, 7) is 8.79. The van der Waals surface area contributed by atoms with E-state index in [-0.39, 0.29) is 0 Å². The van der Waals surface area contributed by atoms with Gasteiger partial charge in [-0.05, 0) is 19.6 Å². The van der Waals surface area contributed by atoms with Crippen molar-refractivity contribution in [1.82, 2.24) is 19.8 Å². The maximum absolute atomic E-state index is 12.4. The van der Waals surface area contributed by atoms with Crippen molar-refractivity contribution < 1.29 is 99.6 Å². The molecule has 0 saturated carbocycles. The van der Waals surface area contributed by atoms with Crippen molar-refractivity contribution >= 4 is 37.2 Å². The van der Waals surface area contributed by atoms with Crippen molar-refractivity contribution in [2.75, 3.05) is 32.8 Å². The van der Waals surface area contributed by atoms with E-state index >= 15 is 0 Å². The van der Waals surface area contributed by atoms with E-state index in [0.29, 0.717) is 4.57 Å². The molecule has 54 heavy (non-hydrogen) atoms. The van der Waals surface area contributed by atoms with E-state index < -0.39 is 117 Å². The fourth-order valence-electron chi connectivity index (χ4n) is 4.72. The van der Waals surface area contributed by atoms with E-state index in [1.807, 2.05) is 10.3 Å². The normalized spacial score (nSPS) is 31.6. The molecule has 0 radical (unpaired) electrons. The van der Waals surface area contributed by atoms with Crippen LogP contribution in [0.15, 0.2) is 21.9 Å². The number of hydrogen-bond acceptors (Lipinski definition) is 20. The predicted molar refractivity (Wildman–Crippen MR) is 176 cm³/mol. The van der Waals surface area contributed by atoms with Crippen LogP contribution in [-0.4, -0.2) is 147 Å². The zero-order valence-electron chi connectivity index (χ0n) is 28.8. The molecule has 314 valence electrons. The second-order valence-corrected chi connectivity index (χ2v) is 17.3. The van der Waals surface area contributed by atoms with E-state index in [1.54, 1.807) is 0 Å². The first-order valence-corrected chi connectivity index (χ1v) is 21.5. The van der Waals surface area contributed by atoms with Crippen molar-refractivity contribution in [3.05, 3.63) is 33.1 Å². The Hall–Kier alpha value is -1.61. The van der Waals surface area contributed by atoms with Crippen molar-refractivity contribution in [3.8, 4) is 0 Å². The third-order valence-corrected chi connectivity index (χ3v) is 13.2. The zero-order chi connectivity index (χ0) is 41.4. The molecule has 0 spiro atoms. The molecule has 2 fully saturated rings. The number of phosphoric ester groups is 2. The van der Waals surface area contributed by atoms with Crippen LogP contribution in [0.2, 0.25) is 0 Å². The maximum Gasteiger partial charge on any atom is 0.490 e. The quantitative estimate of drug-likeness (QED) is 0.0692. The molecule has 2 aliphatic heterocycles. The van der Waals surface area contributed by atoms with Gasteiger partial charge in [-0.3, -0.25) is 28.2 Å². The largest absolute Gasteiger partial charge is 0.490 e. The summed E-state index contributed by atoms with van der Waals surface area (Å²) in [5.74, 6) is -0.908. The number of rotatable bonds is 17. The smallest absolute Gasteiger partial charge is 0.394 e. The average molecular weight is 869 g/mol. The molecule has 27 nitrogen and oxygen atoms in total. The minimum Gasteiger partial charge on any atom is -0.394 e. The molecule has 11 N–H and O–H groups in total. The van der Waals surface area contributed by atoms with Crippen LogP contribution in [0.3, 0.4) is 0 Å². The van der Waals surface area contributed by atoms with Gasteiger partial charge in [0, 0.05) is 19.2 Å². The maximum atomic E-state index is 12.4. The lowest BCUT2D eigenvalue weighted by molar-refractivity contribution is -0.247. The molecule has 0 aromatic carbocycles. The molecule has 1 aromatic rings. The van der Waals surface area contributed by atoms with Gasteiger partial charge in [-0.2, -0.15) is 12.9 Å². The monoisotopic (exact) mass is 868 g/mol. The van der Waals surface area contributed by atoms with Gasteiger partial charge in [0.05, 0.1) is 13.2 Å². The molecule has 31 heteroatoms. The second-order valence-electron chi connectivity index (χ2n) is 11.1. The number of aromatic nitrogens is 2. The molecule has 1 aromatic heterocycles. The first kappa shape index (κ1) is 48.5. The Kier molecular flexibility index (Phi) is 18.1.